The smallest absolute Gasteiger partial charge is 0.0188 e. The van der Waals surface area contributed by atoms with E-state index in [9.17, 15) is 0 Å². The molecule has 0 saturated carbocycles. The van der Waals surface area contributed by atoms with Crippen LogP contribution in [0.5, 0.6) is 0 Å². The lowest BCUT2D eigenvalue weighted by Gasteiger charge is -1.64. The largest absolute Gasteiger partial charge is 0.0886 e. The van der Waals surface area contributed by atoms with Crippen LogP contribution in [-0.4, -0.2) is 0 Å². The zero-order chi connectivity index (χ0) is 6.41. The van der Waals surface area contributed by atoms with Crippen molar-refractivity contribution in [1.82, 2.24) is 0 Å². The molecule has 0 unspecified atom stereocenters. The highest BCUT2D eigenvalue weighted by Crippen LogP contribution is 1.97. The van der Waals surface area contributed by atoms with Gasteiger partial charge in [-0.25, -0.2) is 0 Å². The van der Waals surface area contributed by atoms with Crippen molar-refractivity contribution in [3.8, 4) is 0 Å². The maximum absolute atomic E-state index is 2.85. The van der Waals surface area contributed by atoms with Crippen LogP contribution in [0.3, 0.4) is 0 Å². The molecule has 0 N–H and O–H groups in total. The molecule has 1 heterocycles. The first-order valence-electron chi connectivity index (χ1n) is 2.74. The van der Waals surface area contributed by atoms with E-state index in [2.05, 4.69) is 11.4 Å². The summed E-state index contributed by atoms with van der Waals surface area (Å²) in [6.07, 6.45) is 0. The van der Waals surface area contributed by atoms with E-state index in [0.717, 1.165) is 0 Å². The van der Waals surface area contributed by atoms with Gasteiger partial charge in [0.25, 0.3) is 0 Å². The number of hydrogen-bond acceptors (Lipinski definition) is 1. The molecule has 0 bridgehead atoms. The Bertz CT molecular complexity index is 108. The molecule has 0 aromatic carbocycles. The first-order chi connectivity index (χ1) is 3.89. The zero-order valence-corrected chi connectivity index (χ0v) is 6.30. The van der Waals surface area contributed by atoms with E-state index in [1.807, 2.05) is 26.8 Å². The summed E-state index contributed by atoms with van der Waals surface area (Å²) in [6, 6.07) is 4.74. The summed E-state index contributed by atoms with van der Waals surface area (Å²) in [5, 5.41) is 2.85. The molecule has 1 aromatic heterocycles. The van der Waals surface area contributed by atoms with Gasteiger partial charge in [0, 0.05) is 10.9 Å². The molecule has 0 aliphatic heterocycles. The van der Waals surface area contributed by atoms with Gasteiger partial charge in [-0.3, -0.25) is 0 Å². The SMILES string of the molecule is CC.Cc1cc#cs1. The summed E-state index contributed by atoms with van der Waals surface area (Å²) in [5.74, 6) is 0. The molecule has 0 radical (unpaired) electrons. The molecule has 0 saturated heterocycles. The number of rotatable bonds is 0. The molecule has 1 aromatic rings. The first kappa shape index (κ1) is 7.52. The fourth-order valence-corrected chi connectivity index (χ4v) is 0.667. The third kappa shape index (κ3) is 2.65. The predicted molar refractivity (Wildman–Crippen MR) is 38.1 cm³/mol. The lowest BCUT2D eigenvalue weighted by atomic mass is 10.6. The molecular weight excluding hydrogens is 116 g/mol. The van der Waals surface area contributed by atoms with Gasteiger partial charge in [0.2, 0.25) is 0 Å². The summed E-state index contributed by atoms with van der Waals surface area (Å²) >= 11 is 1.60. The van der Waals surface area contributed by atoms with Crippen LogP contribution in [0.4, 0.5) is 0 Å². The van der Waals surface area contributed by atoms with Gasteiger partial charge < -0.3 is 0 Å². The van der Waals surface area contributed by atoms with Gasteiger partial charge >= 0.3 is 0 Å². The molecule has 1 heteroatoms. The van der Waals surface area contributed by atoms with Crippen LogP contribution in [0.1, 0.15) is 18.7 Å². The van der Waals surface area contributed by atoms with E-state index < -0.39 is 0 Å². The van der Waals surface area contributed by atoms with E-state index in [1.165, 1.54) is 4.88 Å². The molecule has 0 spiro atoms. The Balaban J connectivity index is 0.000000222. The Morgan fingerprint density at radius 3 is 2.25 bits per heavy atom. The zero-order valence-electron chi connectivity index (χ0n) is 5.49. The van der Waals surface area contributed by atoms with Crippen LogP contribution < -0.4 is 0 Å². The van der Waals surface area contributed by atoms with Gasteiger partial charge in [0.05, 0.1) is 0 Å². The van der Waals surface area contributed by atoms with Gasteiger partial charge in [0.1, 0.15) is 0 Å². The lowest BCUT2D eigenvalue weighted by molar-refractivity contribution is 1.50. The fourth-order valence-electron chi connectivity index (χ4n) is 0.271. The molecule has 0 aliphatic rings. The molecule has 0 aliphatic carbocycles. The normalized spacial score (nSPS) is 6.38. The Morgan fingerprint density at radius 2 is 2.12 bits per heavy atom. The summed E-state index contributed by atoms with van der Waals surface area (Å²) in [7, 11) is 0. The molecule has 8 heavy (non-hydrogen) atoms. The predicted octanol–water partition coefficient (Wildman–Crippen LogP) is 2.68. The summed E-state index contributed by atoms with van der Waals surface area (Å²) in [4.78, 5) is 1.27. The fraction of sp³-hybridized carbons (Fsp3) is 0.429. The van der Waals surface area contributed by atoms with Crippen LogP contribution in [0.25, 0.3) is 0 Å². The first-order valence-corrected chi connectivity index (χ1v) is 3.55. The van der Waals surface area contributed by atoms with Gasteiger partial charge in [0.15, 0.2) is 0 Å². The van der Waals surface area contributed by atoms with Crippen molar-refractivity contribution in [1.29, 1.82) is 0 Å². The van der Waals surface area contributed by atoms with Crippen molar-refractivity contribution in [3.05, 3.63) is 22.4 Å². The van der Waals surface area contributed by atoms with Crippen LogP contribution in [0, 0.1) is 18.4 Å². The van der Waals surface area contributed by atoms with E-state index in [-0.39, 0.29) is 0 Å². The van der Waals surface area contributed by atoms with Crippen LogP contribution in [0.15, 0.2) is 6.07 Å². The molecule has 0 fully saturated rings. The lowest BCUT2D eigenvalue weighted by Crippen LogP contribution is -1.43. The van der Waals surface area contributed by atoms with Gasteiger partial charge in [-0.1, -0.05) is 31.3 Å². The quantitative estimate of drug-likeness (QED) is 0.501. The summed E-state index contributed by atoms with van der Waals surface area (Å²) in [6.45, 7) is 6.04. The molecule has 0 nitrogen and oxygen atoms in total. The summed E-state index contributed by atoms with van der Waals surface area (Å²) < 4.78 is 0. The average molecular weight is 126 g/mol. The second kappa shape index (κ2) is 4.67. The molecule has 44 valence electrons. The Morgan fingerprint density at radius 1 is 1.50 bits per heavy atom. The van der Waals surface area contributed by atoms with Crippen molar-refractivity contribution in [2.24, 2.45) is 0 Å². The van der Waals surface area contributed by atoms with E-state index in [0.29, 0.717) is 0 Å². The Hall–Kier alpha value is -0.480. The van der Waals surface area contributed by atoms with Crippen LogP contribution in [0.2, 0.25) is 0 Å². The highest BCUT2D eigenvalue weighted by atomic mass is 32.1. The highest BCUT2D eigenvalue weighted by Gasteiger charge is 1.72. The minimum absolute atomic E-state index is 1.27. The summed E-state index contributed by atoms with van der Waals surface area (Å²) in [5.41, 5.74) is 0. The van der Waals surface area contributed by atoms with Crippen LogP contribution >= 0.6 is 11.3 Å². The van der Waals surface area contributed by atoms with Gasteiger partial charge in [-0.05, 0) is 12.3 Å². The molecule has 0 amide bonds. The molecule has 0 atom stereocenters. The third-order valence-electron chi connectivity index (χ3n) is 0.546. The second-order valence-electron chi connectivity index (χ2n) is 1.10. The van der Waals surface area contributed by atoms with Crippen molar-refractivity contribution in [3.63, 3.8) is 0 Å². The number of hydrogen-bond donors (Lipinski definition) is 0. The van der Waals surface area contributed by atoms with Crippen molar-refractivity contribution in [2.75, 3.05) is 0 Å². The van der Waals surface area contributed by atoms with E-state index in [4.69, 9.17) is 0 Å². The van der Waals surface area contributed by atoms with Gasteiger partial charge in [-0.2, -0.15) is 0 Å². The Kier molecular flexibility index (Phi) is 4.39. The van der Waals surface area contributed by atoms with Gasteiger partial charge in [-0.15, -0.1) is 0 Å². The molecule has 1 rings (SSSR count). The van der Waals surface area contributed by atoms with Crippen molar-refractivity contribution >= 4 is 11.3 Å². The minimum atomic E-state index is 1.27. The highest BCUT2D eigenvalue weighted by molar-refractivity contribution is 7.08. The van der Waals surface area contributed by atoms with E-state index >= 15 is 0 Å². The maximum atomic E-state index is 2.85. The second-order valence-corrected chi connectivity index (χ2v) is 2.16. The van der Waals surface area contributed by atoms with Crippen LogP contribution in [-0.2, 0) is 0 Å². The third-order valence-corrected chi connectivity index (χ3v) is 1.21. The minimum Gasteiger partial charge on any atom is -0.0886 e. The van der Waals surface area contributed by atoms with Crippen molar-refractivity contribution < 1.29 is 0 Å². The number of aryl methyl sites for hydroxylation is 1. The molecular formula is C7H10S. The topological polar surface area (TPSA) is 0 Å². The maximum Gasteiger partial charge on any atom is 0.0188 e. The standard InChI is InChI=1S/C5H4S.C2H6/c1-5-3-2-4-6-5;1-2/h3H,1H3;1-2H3. The van der Waals surface area contributed by atoms with E-state index in [1.54, 1.807) is 11.3 Å². The van der Waals surface area contributed by atoms with Crippen molar-refractivity contribution in [2.45, 2.75) is 20.8 Å². The average Bonchev–Trinajstić information content (AvgIpc) is 2.24. The monoisotopic (exact) mass is 126 g/mol. The Labute approximate surface area is 55.2 Å².